The van der Waals surface area contributed by atoms with Crippen LogP contribution in [0.2, 0.25) is 0 Å². The first-order valence-corrected chi connectivity index (χ1v) is 12.9. The third kappa shape index (κ3) is 5.96. The Morgan fingerprint density at radius 3 is 2.43 bits per heavy atom. The van der Waals surface area contributed by atoms with E-state index < -0.39 is 6.67 Å². The molecule has 0 unspecified atom stereocenters. The van der Waals surface area contributed by atoms with E-state index in [1.165, 1.54) is 0 Å². The summed E-state index contributed by atoms with van der Waals surface area (Å²) in [5.74, 6) is 1.30. The van der Waals surface area contributed by atoms with Crippen LogP contribution in [0.3, 0.4) is 0 Å². The number of aliphatic hydroxyl groups is 3. The molecule has 0 fully saturated rings. The minimum atomic E-state index is -0.490. The second kappa shape index (κ2) is 12.4. The number of anilines is 1. The van der Waals surface area contributed by atoms with E-state index in [4.69, 9.17) is 19.7 Å². The van der Waals surface area contributed by atoms with Gasteiger partial charge in [0.05, 0.1) is 36.5 Å². The first-order chi connectivity index (χ1) is 17.2. The first kappa shape index (κ1) is 25.5. The number of hydrogen-bond donors (Lipinski definition) is 3. The number of fused-ring (bicyclic) bond motifs is 2. The van der Waals surface area contributed by atoms with Gasteiger partial charge in [-0.25, -0.2) is 4.39 Å². The number of rotatable bonds is 12. The molecule has 4 rings (SSSR count). The van der Waals surface area contributed by atoms with E-state index in [0.717, 1.165) is 30.8 Å². The van der Waals surface area contributed by atoms with Gasteiger partial charge in [-0.2, -0.15) is 4.57 Å². The van der Waals surface area contributed by atoms with E-state index in [2.05, 4.69) is 0 Å². The van der Waals surface area contributed by atoms with Crippen molar-refractivity contribution in [2.24, 2.45) is 0 Å². The third-order valence-corrected chi connectivity index (χ3v) is 7.49. The fourth-order valence-corrected chi connectivity index (χ4v) is 5.94. The Bertz CT molecular complexity index is 1210. The SMILES string of the molecule is OCCOc1ccc2c(c1)N(CCF)/C(=C/C=C/c1sc3ccc(OCCO)cc3[n+]1CCO)S2. The summed E-state index contributed by atoms with van der Waals surface area (Å²) >= 11 is 3.17. The molecule has 1 aromatic heterocycles. The highest BCUT2D eigenvalue weighted by atomic mass is 32.2. The first-order valence-electron chi connectivity index (χ1n) is 11.3. The molecule has 0 bridgehead atoms. The summed E-state index contributed by atoms with van der Waals surface area (Å²) in [5, 5.41) is 29.5. The Labute approximate surface area is 211 Å². The molecule has 2 heterocycles. The summed E-state index contributed by atoms with van der Waals surface area (Å²) in [6.45, 7) is 0.476. The molecule has 0 saturated heterocycles. The maximum absolute atomic E-state index is 13.4. The molecule has 3 N–H and O–H groups in total. The molecule has 0 amide bonds. The van der Waals surface area contributed by atoms with Crippen LogP contribution in [0.15, 0.2) is 58.5 Å². The summed E-state index contributed by atoms with van der Waals surface area (Å²) in [5.41, 5.74) is 1.83. The van der Waals surface area contributed by atoms with Crippen LogP contribution < -0.4 is 18.9 Å². The monoisotopic (exact) mass is 519 g/mol. The lowest BCUT2D eigenvalue weighted by Gasteiger charge is -2.19. The van der Waals surface area contributed by atoms with E-state index >= 15 is 0 Å². The van der Waals surface area contributed by atoms with Crippen molar-refractivity contribution in [3.05, 3.63) is 58.6 Å². The maximum Gasteiger partial charge on any atom is 0.262 e. The van der Waals surface area contributed by atoms with Crippen LogP contribution in [0.1, 0.15) is 5.01 Å². The van der Waals surface area contributed by atoms with Gasteiger partial charge < -0.3 is 29.7 Å². The average Bonchev–Trinajstić information content (AvgIpc) is 3.39. The van der Waals surface area contributed by atoms with Crippen LogP contribution in [-0.4, -0.2) is 61.6 Å². The zero-order valence-electron chi connectivity index (χ0n) is 19.1. The topological polar surface area (TPSA) is 86.3 Å². The number of thiazole rings is 1. The predicted octanol–water partition coefficient (Wildman–Crippen LogP) is 3.36. The number of allylic oxidation sites excluding steroid dienone is 2. The molecule has 0 aliphatic carbocycles. The minimum absolute atomic E-state index is 0.00369. The number of aromatic nitrogens is 1. The Balaban J connectivity index is 1.59. The van der Waals surface area contributed by atoms with E-state index in [9.17, 15) is 9.50 Å². The molecule has 0 radical (unpaired) electrons. The number of hydrogen-bond acceptors (Lipinski definition) is 8. The molecule has 35 heavy (non-hydrogen) atoms. The van der Waals surface area contributed by atoms with Crippen LogP contribution in [0.5, 0.6) is 11.5 Å². The summed E-state index contributed by atoms with van der Waals surface area (Å²) in [4.78, 5) is 2.94. The number of halogens is 1. The molecule has 0 spiro atoms. The molecule has 2 aromatic carbocycles. The van der Waals surface area contributed by atoms with Crippen molar-refractivity contribution in [1.29, 1.82) is 0 Å². The van der Waals surface area contributed by atoms with Crippen LogP contribution >= 0.6 is 23.1 Å². The van der Waals surface area contributed by atoms with Gasteiger partial charge in [-0.05, 0) is 30.3 Å². The van der Waals surface area contributed by atoms with E-state index in [1.54, 1.807) is 23.1 Å². The number of thioether (sulfide) groups is 1. The van der Waals surface area contributed by atoms with Gasteiger partial charge in [-0.3, -0.25) is 0 Å². The molecular formula is C25H28FN2O5S2+. The molecule has 3 aromatic rings. The molecule has 7 nitrogen and oxygen atoms in total. The average molecular weight is 520 g/mol. The highest BCUT2D eigenvalue weighted by Gasteiger charge is 2.25. The quantitative estimate of drug-likeness (QED) is 0.317. The van der Waals surface area contributed by atoms with Crippen molar-refractivity contribution >= 4 is 45.1 Å². The minimum Gasteiger partial charge on any atom is -0.491 e. The molecule has 10 heteroatoms. The van der Waals surface area contributed by atoms with Crippen LogP contribution in [0.25, 0.3) is 16.3 Å². The zero-order valence-corrected chi connectivity index (χ0v) is 20.7. The highest BCUT2D eigenvalue weighted by molar-refractivity contribution is 8.03. The van der Waals surface area contributed by atoms with Gasteiger partial charge in [0, 0.05) is 17.0 Å². The van der Waals surface area contributed by atoms with Crippen molar-refractivity contribution in [1.82, 2.24) is 0 Å². The standard InChI is InChI=1S/C25H28FN2O5S2/c26-8-9-27-20-16-18(32-14-12-30)4-6-22(20)34-24(27)2-1-3-25-28(10-11-29)21-17-19(33-15-13-31)5-7-23(21)35-25/h1-7,16-17,29-31H,8-15H2/q+1. The number of aliphatic hydroxyl groups excluding tert-OH is 3. The van der Waals surface area contributed by atoms with Gasteiger partial charge >= 0.3 is 0 Å². The third-order valence-electron chi connectivity index (χ3n) is 5.23. The zero-order chi connectivity index (χ0) is 24.6. The molecule has 1 aliphatic rings. The van der Waals surface area contributed by atoms with Crippen molar-refractivity contribution in [3.63, 3.8) is 0 Å². The maximum atomic E-state index is 13.4. The molecular weight excluding hydrogens is 491 g/mol. The summed E-state index contributed by atoms with van der Waals surface area (Å²) < 4.78 is 27.5. The molecule has 0 atom stereocenters. The fraction of sp³-hybridized carbons (Fsp3) is 0.320. The number of alkyl halides is 1. The van der Waals surface area contributed by atoms with Crippen molar-refractivity contribution in [2.75, 3.05) is 51.2 Å². The smallest absolute Gasteiger partial charge is 0.262 e. The van der Waals surface area contributed by atoms with Crippen molar-refractivity contribution < 1.29 is 33.8 Å². The van der Waals surface area contributed by atoms with Gasteiger partial charge in [0.15, 0.2) is 6.54 Å². The van der Waals surface area contributed by atoms with Crippen LogP contribution in [0.4, 0.5) is 10.1 Å². The summed E-state index contributed by atoms with van der Waals surface area (Å²) in [6.07, 6.45) is 5.87. The number of ether oxygens (including phenoxy) is 2. The summed E-state index contributed by atoms with van der Waals surface area (Å²) in [6, 6.07) is 11.4. The van der Waals surface area contributed by atoms with Gasteiger partial charge in [0.2, 0.25) is 5.52 Å². The Hall–Kier alpha value is -2.63. The van der Waals surface area contributed by atoms with Crippen LogP contribution in [0, 0.1) is 0 Å². The normalized spacial score (nSPS) is 14.4. The predicted molar refractivity (Wildman–Crippen MR) is 137 cm³/mol. The second-order valence-corrected chi connectivity index (χ2v) is 9.65. The highest BCUT2D eigenvalue weighted by Crippen LogP contribution is 2.47. The lowest BCUT2D eigenvalue weighted by molar-refractivity contribution is -0.670. The van der Waals surface area contributed by atoms with E-state index in [0.29, 0.717) is 18.0 Å². The Kier molecular flexibility index (Phi) is 9.00. The van der Waals surface area contributed by atoms with Gasteiger partial charge in [0.1, 0.15) is 42.7 Å². The van der Waals surface area contributed by atoms with Crippen molar-refractivity contribution in [2.45, 2.75) is 11.4 Å². The van der Waals surface area contributed by atoms with Gasteiger partial charge in [0.25, 0.3) is 5.01 Å². The van der Waals surface area contributed by atoms with Gasteiger partial charge in [-0.15, -0.1) is 0 Å². The molecule has 186 valence electrons. The Morgan fingerprint density at radius 1 is 0.971 bits per heavy atom. The lowest BCUT2D eigenvalue weighted by Crippen LogP contribution is -2.36. The van der Waals surface area contributed by atoms with Crippen LogP contribution in [-0.2, 0) is 6.54 Å². The number of nitrogens with zero attached hydrogens (tertiary/aromatic N) is 2. The lowest BCUT2D eigenvalue weighted by atomic mass is 10.2. The van der Waals surface area contributed by atoms with Crippen molar-refractivity contribution in [3.8, 4) is 11.5 Å². The van der Waals surface area contributed by atoms with E-state index in [-0.39, 0.29) is 39.6 Å². The Morgan fingerprint density at radius 2 is 1.71 bits per heavy atom. The summed E-state index contributed by atoms with van der Waals surface area (Å²) in [7, 11) is 0. The van der Waals surface area contributed by atoms with Gasteiger partial charge in [-0.1, -0.05) is 29.2 Å². The molecule has 1 aliphatic heterocycles. The molecule has 0 saturated carbocycles. The van der Waals surface area contributed by atoms with E-state index in [1.807, 2.05) is 64.1 Å². The largest absolute Gasteiger partial charge is 0.491 e. The number of benzene rings is 2. The second-order valence-electron chi connectivity index (χ2n) is 7.53. The fourth-order valence-electron chi connectivity index (χ4n) is 3.77.